The van der Waals surface area contributed by atoms with E-state index in [4.69, 9.17) is 0 Å². The molecule has 108 valence electrons. The zero-order chi connectivity index (χ0) is 14.4. The predicted molar refractivity (Wildman–Crippen MR) is 84.2 cm³/mol. The third-order valence-electron chi connectivity index (χ3n) is 3.60. The summed E-state index contributed by atoms with van der Waals surface area (Å²) in [5.41, 5.74) is 0.977. The molecule has 1 amide bonds. The molecule has 1 saturated carbocycles. The van der Waals surface area contributed by atoms with Gasteiger partial charge in [0, 0.05) is 10.5 Å². The van der Waals surface area contributed by atoms with Crippen molar-refractivity contribution in [1.82, 2.24) is 5.32 Å². The lowest BCUT2D eigenvalue weighted by Gasteiger charge is -2.20. The zero-order valence-electron chi connectivity index (χ0n) is 11.4. The van der Waals surface area contributed by atoms with E-state index in [0.29, 0.717) is 0 Å². The number of amides is 1. The van der Waals surface area contributed by atoms with Gasteiger partial charge in [0.25, 0.3) is 0 Å². The van der Waals surface area contributed by atoms with Crippen molar-refractivity contribution in [2.24, 2.45) is 0 Å². The van der Waals surface area contributed by atoms with Crippen molar-refractivity contribution in [2.75, 3.05) is 0 Å². The number of halogens is 1. The molecule has 2 rings (SSSR count). The van der Waals surface area contributed by atoms with Gasteiger partial charge in [0.05, 0.1) is 12.1 Å². The summed E-state index contributed by atoms with van der Waals surface area (Å²) in [6.07, 6.45) is 7.79. The van der Waals surface area contributed by atoms with Crippen LogP contribution in [0, 0.1) is 0 Å². The number of aliphatic hydroxyl groups excluding tert-OH is 1. The van der Waals surface area contributed by atoms with Crippen LogP contribution in [0.15, 0.2) is 34.8 Å². The van der Waals surface area contributed by atoms with Gasteiger partial charge in [0.1, 0.15) is 0 Å². The maximum atomic E-state index is 11.9. The fourth-order valence-electron chi connectivity index (χ4n) is 2.43. The first-order valence-corrected chi connectivity index (χ1v) is 7.86. The minimum Gasteiger partial charge on any atom is -0.391 e. The first-order valence-electron chi connectivity index (χ1n) is 7.07. The molecule has 0 saturated heterocycles. The summed E-state index contributed by atoms with van der Waals surface area (Å²) in [7, 11) is 0. The van der Waals surface area contributed by atoms with E-state index in [-0.39, 0.29) is 11.9 Å². The minimum absolute atomic E-state index is 0.112. The average Bonchev–Trinajstić information content (AvgIpc) is 2.64. The van der Waals surface area contributed by atoms with Crippen LogP contribution in [0.3, 0.4) is 0 Å². The molecule has 0 aliphatic heterocycles. The summed E-state index contributed by atoms with van der Waals surface area (Å²) >= 11 is 3.37. The molecule has 2 atom stereocenters. The Balaban J connectivity index is 1.89. The monoisotopic (exact) mass is 337 g/mol. The highest BCUT2D eigenvalue weighted by Crippen LogP contribution is 2.18. The molecule has 1 aromatic carbocycles. The maximum absolute atomic E-state index is 11.9. The number of hydrogen-bond donors (Lipinski definition) is 2. The van der Waals surface area contributed by atoms with Crippen molar-refractivity contribution in [3.8, 4) is 0 Å². The lowest BCUT2D eigenvalue weighted by molar-refractivity contribution is -0.118. The van der Waals surface area contributed by atoms with Crippen LogP contribution in [0.4, 0.5) is 0 Å². The van der Waals surface area contributed by atoms with E-state index in [9.17, 15) is 9.90 Å². The highest BCUT2D eigenvalue weighted by atomic mass is 79.9. The fourth-order valence-corrected chi connectivity index (χ4v) is 2.70. The van der Waals surface area contributed by atoms with E-state index in [0.717, 1.165) is 42.1 Å². The van der Waals surface area contributed by atoms with E-state index < -0.39 is 6.10 Å². The summed E-state index contributed by atoms with van der Waals surface area (Å²) in [5.74, 6) is -0.140. The van der Waals surface area contributed by atoms with Crippen molar-refractivity contribution in [2.45, 2.75) is 44.2 Å². The third-order valence-corrected chi connectivity index (χ3v) is 4.13. The Hall–Kier alpha value is -1.13. The molecule has 1 aliphatic carbocycles. The van der Waals surface area contributed by atoms with E-state index in [1.165, 1.54) is 6.08 Å². The molecule has 0 spiro atoms. The number of rotatable bonds is 3. The summed E-state index contributed by atoms with van der Waals surface area (Å²) in [6, 6.07) is 7.64. The smallest absolute Gasteiger partial charge is 0.244 e. The number of carbonyl (C=O) groups is 1. The molecule has 1 fully saturated rings. The second-order valence-electron chi connectivity index (χ2n) is 5.21. The Kier molecular flexibility index (Phi) is 5.80. The molecule has 3 nitrogen and oxygen atoms in total. The highest BCUT2D eigenvalue weighted by Gasteiger charge is 2.22. The van der Waals surface area contributed by atoms with Gasteiger partial charge in [-0.15, -0.1) is 0 Å². The van der Waals surface area contributed by atoms with Crippen LogP contribution in [-0.2, 0) is 4.79 Å². The second kappa shape index (κ2) is 7.60. The quantitative estimate of drug-likeness (QED) is 0.656. The van der Waals surface area contributed by atoms with Crippen LogP contribution in [0.25, 0.3) is 6.08 Å². The Labute approximate surface area is 128 Å². The first-order chi connectivity index (χ1) is 9.65. The number of aliphatic hydroxyl groups is 1. The highest BCUT2D eigenvalue weighted by molar-refractivity contribution is 9.10. The minimum atomic E-state index is -0.414. The molecule has 1 aromatic rings. The Morgan fingerprint density at radius 3 is 2.65 bits per heavy atom. The van der Waals surface area contributed by atoms with Gasteiger partial charge in [-0.3, -0.25) is 4.79 Å². The molecular weight excluding hydrogens is 318 g/mol. The lowest BCUT2D eigenvalue weighted by atomic mass is 10.1. The Bertz CT molecular complexity index is 470. The summed E-state index contributed by atoms with van der Waals surface area (Å²) in [5, 5.41) is 12.9. The molecule has 1 aliphatic rings. The largest absolute Gasteiger partial charge is 0.391 e. The standard InChI is InChI=1S/C16H20BrNO2/c17-13-9-6-12(7-10-13)8-11-16(20)18-14-4-2-1-3-5-15(14)19/h6-11,14-15,19H,1-5H2,(H,18,20)/b11-8+. The fraction of sp³-hybridized carbons (Fsp3) is 0.438. The van der Waals surface area contributed by atoms with E-state index >= 15 is 0 Å². The first kappa shape index (κ1) is 15.3. The van der Waals surface area contributed by atoms with Gasteiger partial charge in [-0.25, -0.2) is 0 Å². The van der Waals surface area contributed by atoms with E-state index in [1.54, 1.807) is 6.08 Å². The molecule has 2 N–H and O–H groups in total. The molecule has 0 radical (unpaired) electrons. The number of hydrogen-bond acceptors (Lipinski definition) is 2. The van der Waals surface area contributed by atoms with Gasteiger partial charge in [-0.2, -0.15) is 0 Å². The van der Waals surface area contributed by atoms with Gasteiger partial charge in [0.2, 0.25) is 5.91 Å². The number of nitrogens with one attached hydrogen (secondary N) is 1. The zero-order valence-corrected chi connectivity index (χ0v) is 13.0. The van der Waals surface area contributed by atoms with Crippen molar-refractivity contribution >= 4 is 27.9 Å². The Morgan fingerprint density at radius 1 is 1.20 bits per heavy atom. The summed E-state index contributed by atoms with van der Waals surface area (Å²) in [6.45, 7) is 0. The molecule has 2 unspecified atom stereocenters. The van der Waals surface area contributed by atoms with Crippen molar-refractivity contribution in [1.29, 1.82) is 0 Å². The van der Waals surface area contributed by atoms with Gasteiger partial charge >= 0.3 is 0 Å². The molecule has 0 bridgehead atoms. The molecular formula is C16H20BrNO2. The number of benzene rings is 1. The third kappa shape index (κ3) is 4.76. The Morgan fingerprint density at radius 2 is 1.90 bits per heavy atom. The topological polar surface area (TPSA) is 49.3 Å². The van der Waals surface area contributed by atoms with E-state index in [2.05, 4.69) is 21.2 Å². The second-order valence-corrected chi connectivity index (χ2v) is 6.12. The van der Waals surface area contributed by atoms with Gasteiger partial charge in [-0.1, -0.05) is 47.3 Å². The van der Waals surface area contributed by atoms with Crippen LogP contribution in [-0.4, -0.2) is 23.2 Å². The molecule has 0 aromatic heterocycles. The lowest BCUT2D eigenvalue weighted by Crippen LogP contribution is -2.41. The van der Waals surface area contributed by atoms with Crippen LogP contribution < -0.4 is 5.32 Å². The molecule has 0 heterocycles. The van der Waals surface area contributed by atoms with Crippen LogP contribution >= 0.6 is 15.9 Å². The number of carbonyl (C=O) groups excluding carboxylic acids is 1. The van der Waals surface area contributed by atoms with Gasteiger partial charge in [-0.05, 0) is 36.6 Å². The molecule has 20 heavy (non-hydrogen) atoms. The van der Waals surface area contributed by atoms with Crippen molar-refractivity contribution in [3.63, 3.8) is 0 Å². The van der Waals surface area contributed by atoms with Crippen molar-refractivity contribution < 1.29 is 9.90 Å². The van der Waals surface area contributed by atoms with Crippen LogP contribution in [0.1, 0.15) is 37.7 Å². The molecule has 4 heteroatoms. The maximum Gasteiger partial charge on any atom is 0.244 e. The van der Waals surface area contributed by atoms with E-state index in [1.807, 2.05) is 24.3 Å². The van der Waals surface area contributed by atoms with Crippen LogP contribution in [0.5, 0.6) is 0 Å². The van der Waals surface area contributed by atoms with Gasteiger partial charge in [0.15, 0.2) is 0 Å². The average molecular weight is 338 g/mol. The predicted octanol–water partition coefficient (Wildman–Crippen LogP) is 3.27. The summed E-state index contributed by atoms with van der Waals surface area (Å²) in [4.78, 5) is 11.9. The SMILES string of the molecule is O=C(/C=C/c1ccc(Br)cc1)NC1CCCCCC1O. The van der Waals surface area contributed by atoms with Gasteiger partial charge < -0.3 is 10.4 Å². The van der Waals surface area contributed by atoms with Crippen LogP contribution in [0.2, 0.25) is 0 Å². The normalized spacial score (nSPS) is 23.5. The summed E-state index contributed by atoms with van der Waals surface area (Å²) < 4.78 is 1.01. The van der Waals surface area contributed by atoms with Crippen molar-refractivity contribution in [3.05, 3.63) is 40.4 Å².